The number of nitrogens with one attached hydrogen (secondary N) is 1. The Morgan fingerprint density at radius 2 is 2.00 bits per heavy atom. The molecule has 0 spiro atoms. The molecule has 0 radical (unpaired) electrons. The number of rotatable bonds is 4. The molecule has 1 fully saturated rings. The summed E-state index contributed by atoms with van der Waals surface area (Å²) in [5, 5.41) is 2.87. The van der Waals surface area contributed by atoms with Crippen molar-refractivity contribution in [3.05, 3.63) is 35.9 Å². The van der Waals surface area contributed by atoms with Gasteiger partial charge in [-0.05, 0) is 32.6 Å². The molecule has 23 heavy (non-hydrogen) atoms. The third-order valence-electron chi connectivity index (χ3n) is 3.68. The van der Waals surface area contributed by atoms with Gasteiger partial charge in [-0.2, -0.15) is 0 Å². The molecule has 6 heteroatoms. The number of cyclic esters (lactones) is 1. The SMILES string of the molecule is CS[C@]1([C@H](NC(=O)OC(C)(C)C)c2ccccc2)CCOC1=O. The minimum Gasteiger partial charge on any atom is -0.465 e. The molecule has 1 aliphatic rings. The van der Waals surface area contributed by atoms with Crippen LogP contribution >= 0.6 is 11.8 Å². The quantitative estimate of drug-likeness (QED) is 0.854. The summed E-state index contributed by atoms with van der Waals surface area (Å²) in [5.41, 5.74) is 0.250. The summed E-state index contributed by atoms with van der Waals surface area (Å²) in [4.78, 5) is 24.6. The fraction of sp³-hybridized carbons (Fsp3) is 0.529. The fourth-order valence-corrected chi connectivity index (χ4v) is 3.57. The van der Waals surface area contributed by atoms with Crippen LogP contribution in [0.15, 0.2) is 30.3 Å². The van der Waals surface area contributed by atoms with E-state index in [9.17, 15) is 9.59 Å². The van der Waals surface area contributed by atoms with E-state index in [0.29, 0.717) is 13.0 Å². The molecular formula is C17H23NO4S. The Bertz CT molecular complexity index is 570. The zero-order chi connectivity index (χ0) is 17.1. The zero-order valence-corrected chi connectivity index (χ0v) is 14.7. The number of carbonyl (C=O) groups excluding carboxylic acids is 2. The van der Waals surface area contributed by atoms with Gasteiger partial charge in [-0.15, -0.1) is 11.8 Å². The zero-order valence-electron chi connectivity index (χ0n) is 13.9. The topological polar surface area (TPSA) is 64.6 Å². The number of ether oxygens (including phenoxy) is 2. The first-order valence-electron chi connectivity index (χ1n) is 7.55. The van der Waals surface area contributed by atoms with Crippen LogP contribution in [0.25, 0.3) is 0 Å². The predicted molar refractivity (Wildman–Crippen MR) is 90.4 cm³/mol. The van der Waals surface area contributed by atoms with Crippen molar-refractivity contribution in [3.8, 4) is 0 Å². The molecule has 1 amide bonds. The first-order chi connectivity index (χ1) is 10.8. The maximum atomic E-state index is 12.4. The molecule has 1 heterocycles. The maximum absolute atomic E-state index is 12.4. The highest BCUT2D eigenvalue weighted by Gasteiger charge is 2.52. The molecule has 1 saturated heterocycles. The highest BCUT2D eigenvalue weighted by Crippen LogP contribution is 2.44. The second-order valence-electron chi connectivity index (χ2n) is 6.47. The Kier molecular flexibility index (Phi) is 5.24. The molecule has 0 aromatic heterocycles. The van der Waals surface area contributed by atoms with Crippen LogP contribution < -0.4 is 5.32 Å². The van der Waals surface area contributed by atoms with E-state index >= 15 is 0 Å². The minimum absolute atomic E-state index is 0.296. The molecule has 5 nitrogen and oxygen atoms in total. The van der Waals surface area contributed by atoms with Gasteiger partial charge in [0.2, 0.25) is 0 Å². The number of esters is 1. The molecule has 1 aromatic rings. The van der Waals surface area contributed by atoms with Gasteiger partial charge in [-0.1, -0.05) is 30.3 Å². The van der Waals surface area contributed by atoms with E-state index in [1.165, 1.54) is 11.8 Å². The molecule has 2 rings (SSSR count). The number of amides is 1. The van der Waals surface area contributed by atoms with Gasteiger partial charge in [-0.3, -0.25) is 4.79 Å². The Morgan fingerprint density at radius 3 is 2.48 bits per heavy atom. The van der Waals surface area contributed by atoms with Crippen LogP contribution in [0.1, 0.15) is 38.8 Å². The molecule has 126 valence electrons. The van der Waals surface area contributed by atoms with Crippen LogP contribution in [0.3, 0.4) is 0 Å². The van der Waals surface area contributed by atoms with Crippen molar-refractivity contribution in [1.82, 2.24) is 5.32 Å². The van der Waals surface area contributed by atoms with E-state index in [2.05, 4.69) is 5.32 Å². The van der Waals surface area contributed by atoms with Gasteiger partial charge in [0.05, 0.1) is 12.6 Å². The third kappa shape index (κ3) is 3.99. The molecule has 0 saturated carbocycles. The Balaban J connectivity index is 2.33. The lowest BCUT2D eigenvalue weighted by molar-refractivity contribution is -0.140. The summed E-state index contributed by atoms with van der Waals surface area (Å²) in [5.74, 6) is -0.296. The summed E-state index contributed by atoms with van der Waals surface area (Å²) in [6, 6.07) is 8.94. The molecular weight excluding hydrogens is 314 g/mol. The van der Waals surface area contributed by atoms with Crippen LogP contribution in [-0.4, -0.2) is 35.3 Å². The number of alkyl carbamates (subject to hydrolysis) is 1. The first kappa shape index (κ1) is 17.7. The molecule has 0 bridgehead atoms. The highest BCUT2D eigenvalue weighted by molar-refractivity contribution is 8.00. The first-order valence-corrected chi connectivity index (χ1v) is 8.78. The molecule has 1 aromatic carbocycles. The van der Waals surface area contributed by atoms with E-state index in [1.54, 1.807) is 20.8 Å². The highest BCUT2D eigenvalue weighted by atomic mass is 32.2. The Hall–Kier alpha value is -1.69. The van der Waals surface area contributed by atoms with E-state index in [0.717, 1.165) is 5.56 Å². The van der Waals surface area contributed by atoms with Crippen molar-refractivity contribution in [2.45, 2.75) is 43.6 Å². The standard InChI is InChI=1S/C17H23NO4S/c1-16(2,3)22-15(20)18-13(12-8-6-5-7-9-12)17(23-4)10-11-21-14(17)19/h5-9,13H,10-11H2,1-4H3,(H,18,20)/t13-,17+/m1/s1. The second-order valence-corrected chi connectivity index (χ2v) is 7.61. The predicted octanol–water partition coefficient (Wildman–Crippen LogP) is 3.30. The van der Waals surface area contributed by atoms with Gasteiger partial charge in [0.25, 0.3) is 0 Å². The van der Waals surface area contributed by atoms with Gasteiger partial charge in [0.1, 0.15) is 10.3 Å². The second kappa shape index (κ2) is 6.83. The summed E-state index contributed by atoms with van der Waals surface area (Å²) in [6.07, 6.45) is 1.86. The summed E-state index contributed by atoms with van der Waals surface area (Å²) in [6.45, 7) is 5.77. The lowest BCUT2D eigenvalue weighted by atomic mass is 9.91. The third-order valence-corrected chi connectivity index (χ3v) is 5.01. The smallest absolute Gasteiger partial charge is 0.408 e. The average molecular weight is 337 g/mol. The summed E-state index contributed by atoms with van der Waals surface area (Å²) in [7, 11) is 0. The lowest BCUT2D eigenvalue weighted by Gasteiger charge is -2.34. The van der Waals surface area contributed by atoms with Crippen LogP contribution in [0.5, 0.6) is 0 Å². The summed E-state index contributed by atoms with van der Waals surface area (Å²) < 4.78 is 9.72. The van der Waals surface area contributed by atoms with E-state index < -0.39 is 22.5 Å². The monoisotopic (exact) mass is 337 g/mol. The maximum Gasteiger partial charge on any atom is 0.408 e. The summed E-state index contributed by atoms with van der Waals surface area (Å²) >= 11 is 1.41. The molecule has 2 atom stereocenters. The van der Waals surface area contributed by atoms with Crippen LogP contribution in [0.2, 0.25) is 0 Å². The Labute approximate surface area is 141 Å². The van der Waals surface area contributed by atoms with Crippen molar-refractivity contribution >= 4 is 23.8 Å². The van der Waals surface area contributed by atoms with Crippen LogP contribution in [0, 0.1) is 0 Å². The number of thioether (sulfide) groups is 1. The van der Waals surface area contributed by atoms with Crippen molar-refractivity contribution in [2.75, 3.05) is 12.9 Å². The van der Waals surface area contributed by atoms with E-state index in [-0.39, 0.29) is 5.97 Å². The molecule has 1 N–H and O–H groups in total. The van der Waals surface area contributed by atoms with Crippen molar-refractivity contribution in [2.24, 2.45) is 0 Å². The Morgan fingerprint density at radius 1 is 1.35 bits per heavy atom. The fourth-order valence-electron chi connectivity index (χ4n) is 2.63. The average Bonchev–Trinajstić information content (AvgIpc) is 2.86. The minimum atomic E-state index is -0.835. The van der Waals surface area contributed by atoms with Gasteiger partial charge in [0, 0.05) is 6.42 Å². The van der Waals surface area contributed by atoms with Gasteiger partial charge in [0.15, 0.2) is 0 Å². The largest absolute Gasteiger partial charge is 0.465 e. The van der Waals surface area contributed by atoms with Gasteiger partial charge in [-0.25, -0.2) is 4.79 Å². The number of hydrogen-bond donors (Lipinski definition) is 1. The molecule has 1 aliphatic heterocycles. The van der Waals surface area contributed by atoms with Crippen LogP contribution in [-0.2, 0) is 14.3 Å². The molecule has 0 aliphatic carbocycles. The molecule has 0 unspecified atom stereocenters. The van der Waals surface area contributed by atoms with Gasteiger partial charge >= 0.3 is 12.1 Å². The van der Waals surface area contributed by atoms with Gasteiger partial charge < -0.3 is 14.8 Å². The lowest BCUT2D eigenvalue weighted by Crippen LogP contribution is -2.48. The van der Waals surface area contributed by atoms with Crippen molar-refractivity contribution in [1.29, 1.82) is 0 Å². The normalized spacial score (nSPS) is 22.3. The van der Waals surface area contributed by atoms with Crippen molar-refractivity contribution in [3.63, 3.8) is 0 Å². The number of hydrogen-bond acceptors (Lipinski definition) is 5. The number of carbonyl (C=O) groups is 2. The van der Waals surface area contributed by atoms with E-state index in [4.69, 9.17) is 9.47 Å². The van der Waals surface area contributed by atoms with E-state index in [1.807, 2.05) is 36.6 Å². The van der Waals surface area contributed by atoms with Crippen molar-refractivity contribution < 1.29 is 19.1 Å². The van der Waals surface area contributed by atoms with Crippen LogP contribution in [0.4, 0.5) is 4.79 Å². The number of benzene rings is 1.